The number of thiazole rings is 1. The van der Waals surface area contributed by atoms with Crippen molar-refractivity contribution in [2.45, 2.75) is 20.0 Å². The first-order valence-electron chi connectivity index (χ1n) is 8.77. The Balaban J connectivity index is 1.55. The van der Waals surface area contributed by atoms with E-state index in [-0.39, 0.29) is 13.2 Å². The third-order valence-electron chi connectivity index (χ3n) is 3.98. The van der Waals surface area contributed by atoms with Crippen molar-refractivity contribution in [3.8, 4) is 16.3 Å². The number of esters is 1. The molecule has 0 aliphatic rings. The van der Waals surface area contributed by atoms with Gasteiger partial charge in [0.05, 0.1) is 11.3 Å². The second-order valence-electron chi connectivity index (χ2n) is 6.05. The van der Waals surface area contributed by atoms with Crippen molar-refractivity contribution < 1.29 is 19.1 Å². The van der Waals surface area contributed by atoms with Crippen LogP contribution in [0.4, 0.5) is 0 Å². The highest BCUT2D eigenvalue weighted by molar-refractivity contribution is 7.13. The Kier molecular flexibility index (Phi) is 6.39. The summed E-state index contributed by atoms with van der Waals surface area (Å²) in [5, 5.41) is 2.78. The zero-order chi connectivity index (χ0) is 19.9. The summed E-state index contributed by atoms with van der Waals surface area (Å²) >= 11 is 1.52. The minimum absolute atomic E-state index is 0.0995. The van der Waals surface area contributed by atoms with Gasteiger partial charge < -0.3 is 15.2 Å². The van der Waals surface area contributed by atoms with E-state index in [0.29, 0.717) is 17.0 Å². The van der Waals surface area contributed by atoms with E-state index in [1.165, 1.54) is 16.9 Å². The predicted molar refractivity (Wildman–Crippen MR) is 107 cm³/mol. The number of hydrogen-bond donors (Lipinski definition) is 1. The number of benzene rings is 2. The molecular formula is C21H20N2O4S. The zero-order valence-electron chi connectivity index (χ0n) is 15.4. The first-order chi connectivity index (χ1) is 13.5. The van der Waals surface area contributed by atoms with E-state index in [1.807, 2.05) is 5.38 Å². The molecule has 28 heavy (non-hydrogen) atoms. The molecule has 2 N–H and O–H groups in total. The summed E-state index contributed by atoms with van der Waals surface area (Å²) in [5.74, 6) is -0.565. The Hall–Kier alpha value is -3.19. The Morgan fingerprint density at radius 1 is 1.07 bits per heavy atom. The predicted octanol–water partition coefficient (Wildman–Crippen LogP) is 3.59. The average Bonchev–Trinajstić information content (AvgIpc) is 3.20. The van der Waals surface area contributed by atoms with Crippen molar-refractivity contribution in [2.24, 2.45) is 5.73 Å². The van der Waals surface area contributed by atoms with Crippen molar-refractivity contribution in [2.75, 3.05) is 6.61 Å². The maximum atomic E-state index is 12.2. The molecule has 0 saturated carbocycles. The normalized spacial score (nSPS) is 10.5. The smallest absolute Gasteiger partial charge is 0.338 e. The molecule has 3 aromatic rings. The van der Waals surface area contributed by atoms with Gasteiger partial charge in [0.15, 0.2) is 6.61 Å². The highest BCUT2D eigenvalue weighted by atomic mass is 32.1. The number of rotatable bonds is 8. The van der Waals surface area contributed by atoms with Crippen LogP contribution in [-0.4, -0.2) is 23.5 Å². The van der Waals surface area contributed by atoms with Crippen LogP contribution in [0.5, 0.6) is 5.75 Å². The van der Waals surface area contributed by atoms with Gasteiger partial charge in [-0.2, -0.15) is 0 Å². The van der Waals surface area contributed by atoms with Crippen molar-refractivity contribution in [1.29, 1.82) is 0 Å². The lowest BCUT2D eigenvalue weighted by molar-refractivity contribution is -0.119. The van der Waals surface area contributed by atoms with Gasteiger partial charge in [-0.05, 0) is 36.2 Å². The largest absolute Gasteiger partial charge is 0.484 e. The van der Waals surface area contributed by atoms with Crippen LogP contribution >= 0.6 is 11.3 Å². The summed E-state index contributed by atoms with van der Waals surface area (Å²) in [6.07, 6.45) is 0.998. The molecule has 6 nitrogen and oxygen atoms in total. The van der Waals surface area contributed by atoms with E-state index in [1.54, 1.807) is 24.3 Å². The van der Waals surface area contributed by atoms with Gasteiger partial charge in [-0.3, -0.25) is 4.79 Å². The molecule has 0 bridgehead atoms. The minimum atomic E-state index is -0.563. The van der Waals surface area contributed by atoms with E-state index >= 15 is 0 Å². The quantitative estimate of drug-likeness (QED) is 0.588. The Morgan fingerprint density at radius 2 is 1.79 bits per heavy atom. The van der Waals surface area contributed by atoms with Crippen molar-refractivity contribution in [3.05, 3.63) is 70.7 Å². The summed E-state index contributed by atoms with van der Waals surface area (Å²) < 4.78 is 10.5. The number of hydrogen-bond acceptors (Lipinski definition) is 6. The molecule has 3 rings (SSSR count). The fraction of sp³-hybridized carbons (Fsp3) is 0.190. The molecule has 0 aliphatic heterocycles. The lowest BCUT2D eigenvalue weighted by Crippen LogP contribution is -2.20. The van der Waals surface area contributed by atoms with E-state index < -0.39 is 11.9 Å². The van der Waals surface area contributed by atoms with Gasteiger partial charge in [-0.15, -0.1) is 11.3 Å². The summed E-state index contributed by atoms with van der Waals surface area (Å²) in [6.45, 7) is 2.01. The molecule has 0 fully saturated rings. The molecule has 2 aromatic carbocycles. The first kappa shape index (κ1) is 19.6. The molecule has 0 radical (unpaired) electrons. The Morgan fingerprint density at radius 3 is 2.43 bits per heavy atom. The van der Waals surface area contributed by atoms with Crippen LogP contribution in [0.2, 0.25) is 0 Å². The van der Waals surface area contributed by atoms with Crippen LogP contribution in [0.1, 0.15) is 28.5 Å². The topological polar surface area (TPSA) is 91.5 Å². The van der Waals surface area contributed by atoms with Gasteiger partial charge in [0.2, 0.25) is 0 Å². The molecular weight excluding hydrogens is 376 g/mol. The van der Waals surface area contributed by atoms with Crippen molar-refractivity contribution in [3.63, 3.8) is 0 Å². The van der Waals surface area contributed by atoms with Gasteiger partial charge in [0.1, 0.15) is 17.4 Å². The monoisotopic (exact) mass is 396 g/mol. The SMILES string of the molecule is CCc1ccc(-c2nc(COC(=O)c3ccc(OCC(N)=O)cc3)cs2)cc1. The van der Waals surface area contributed by atoms with Crippen molar-refractivity contribution in [1.82, 2.24) is 4.98 Å². The molecule has 1 amide bonds. The summed E-state index contributed by atoms with van der Waals surface area (Å²) in [5.41, 5.74) is 8.44. The number of nitrogens with zero attached hydrogens (tertiary/aromatic N) is 1. The average molecular weight is 396 g/mol. The number of aryl methyl sites for hydroxylation is 1. The minimum Gasteiger partial charge on any atom is -0.484 e. The maximum Gasteiger partial charge on any atom is 0.338 e. The van der Waals surface area contributed by atoms with Crippen LogP contribution < -0.4 is 10.5 Å². The highest BCUT2D eigenvalue weighted by Crippen LogP contribution is 2.24. The van der Waals surface area contributed by atoms with E-state index in [2.05, 4.69) is 36.2 Å². The Bertz CT molecular complexity index is 949. The van der Waals surface area contributed by atoms with E-state index in [4.69, 9.17) is 15.2 Å². The van der Waals surface area contributed by atoms with Crippen LogP contribution in [0, 0.1) is 0 Å². The molecule has 1 heterocycles. The number of carbonyl (C=O) groups is 2. The van der Waals surface area contributed by atoms with Crippen LogP contribution in [0.15, 0.2) is 53.9 Å². The summed E-state index contributed by atoms with van der Waals surface area (Å²) in [7, 11) is 0. The van der Waals surface area contributed by atoms with Crippen LogP contribution in [-0.2, 0) is 22.6 Å². The lowest BCUT2D eigenvalue weighted by atomic mass is 10.1. The number of ether oxygens (including phenoxy) is 2. The summed E-state index contributed by atoms with van der Waals surface area (Å²) in [6, 6.07) is 14.6. The molecule has 0 spiro atoms. The highest BCUT2D eigenvalue weighted by Gasteiger charge is 2.10. The fourth-order valence-corrected chi connectivity index (χ4v) is 3.26. The van der Waals surface area contributed by atoms with E-state index in [0.717, 1.165) is 17.0 Å². The number of carbonyl (C=O) groups excluding carboxylic acids is 2. The molecule has 0 unspecified atom stereocenters. The van der Waals surface area contributed by atoms with Crippen molar-refractivity contribution >= 4 is 23.2 Å². The van der Waals surface area contributed by atoms with Gasteiger partial charge in [-0.1, -0.05) is 31.2 Å². The van der Waals surface area contributed by atoms with Gasteiger partial charge in [0, 0.05) is 10.9 Å². The number of amides is 1. The number of aromatic nitrogens is 1. The van der Waals surface area contributed by atoms with Gasteiger partial charge >= 0.3 is 5.97 Å². The third kappa shape index (κ3) is 5.17. The molecule has 7 heteroatoms. The van der Waals surface area contributed by atoms with Crippen LogP contribution in [0.3, 0.4) is 0 Å². The molecule has 1 aromatic heterocycles. The number of primary amides is 1. The standard InChI is InChI=1S/C21H20N2O4S/c1-2-14-3-5-15(6-4-14)20-23-17(13-28-20)11-27-21(25)16-7-9-18(10-8-16)26-12-19(22)24/h3-10,13H,2,11-12H2,1H3,(H2,22,24). The Labute approximate surface area is 166 Å². The third-order valence-corrected chi connectivity index (χ3v) is 4.92. The number of nitrogens with two attached hydrogens (primary N) is 1. The molecule has 0 saturated heterocycles. The zero-order valence-corrected chi connectivity index (χ0v) is 16.2. The van der Waals surface area contributed by atoms with Gasteiger partial charge in [0.25, 0.3) is 5.91 Å². The lowest BCUT2D eigenvalue weighted by Gasteiger charge is -2.06. The fourth-order valence-electron chi connectivity index (χ4n) is 2.45. The molecule has 0 aliphatic carbocycles. The van der Waals surface area contributed by atoms with E-state index in [9.17, 15) is 9.59 Å². The molecule has 0 atom stereocenters. The van der Waals surface area contributed by atoms with Crippen LogP contribution in [0.25, 0.3) is 10.6 Å². The first-order valence-corrected chi connectivity index (χ1v) is 9.65. The molecule has 144 valence electrons. The second kappa shape index (κ2) is 9.14. The maximum absolute atomic E-state index is 12.2. The summed E-state index contributed by atoms with van der Waals surface area (Å²) in [4.78, 5) is 27.4. The van der Waals surface area contributed by atoms with Gasteiger partial charge in [-0.25, -0.2) is 9.78 Å². The second-order valence-corrected chi connectivity index (χ2v) is 6.91.